The van der Waals surface area contributed by atoms with Gasteiger partial charge in [0.25, 0.3) is 6.01 Å². The van der Waals surface area contributed by atoms with Gasteiger partial charge in [0.15, 0.2) is 5.76 Å². The Hall–Kier alpha value is -1.42. The minimum Gasteiger partial charge on any atom is -0.423 e. The van der Waals surface area contributed by atoms with Gasteiger partial charge in [-0.3, -0.25) is 0 Å². The second-order valence-corrected chi connectivity index (χ2v) is 5.38. The molecule has 4 heteroatoms. The van der Waals surface area contributed by atoms with Crippen LogP contribution in [0.5, 0.6) is 0 Å². The number of hydrogen-bond acceptors (Lipinski definition) is 4. The van der Waals surface area contributed by atoms with E-state index >= 15 is 0 Å². The Morgan fingerprint density at radius 2 is 2.29 bits per heavy atom. The van der Waals surface area contributed by atoms with Crippen LogP contribution in [0.2, 0.25) is 0 Å². The molecule has 2 N–H and O–H groups in total. The molecule has 1 aromatic heterocycles. The van der Waals surface area contributed by atoms with Crippen LogP contribution in [0, 0.1) is 6.92 Å². The van der Waals surface area contributed by atoms with Crippen molar-refractivity contribution in [2.45, 2.75) is 24.7 Å². The predicted molar refractivity (Wildman–Crippen MR) is 70.1 cm³/mol. The Labute approximate surface area is 104 Å². The quantitative estimate of drug-likeness (QED) is 0.839. The Balaban J connectivity index is 2.06. The Morgan fingerprint density at radius 3 is 3.06 bits per heavy atom. The Bertz CT molecular complexity index is 563. The smallest absolute Gasteiger partial charge is 0.292 e. The molecule has 1 aromatic carbocycles. The Kier molecular flexibility index (Phi) is 2.59. The molecule has 1 aliphatic heterocycles. The van der Waals surface area contributed by atoms with Crippen LogP contribution in [0.15, 0.2) is 27.5 Å². The maximum absolute atomic E-state index is 5.57. The van der Waals surface area contributed by atoms with E-state index in [1.807, 2.05) is 18.7 Å². The molecule has 2 aromatic rings. The number of nitrogen functional groups attached to an aromatic ring is 1. The van der Waals surface area contributed by atoms with Gasteiger partial charge in [0.1, 0.15) is 0 Å². The van der Waals surface area contributed by atoms with E-state index in [0.717, 1.165) is 23.4 Å². The van der Waals surface area contributed by atoms with Gasteiger partial charge in [0.05, 0.1) is 5.69 Å². The summed E-state index contributed by atoms with van der Waals surface area (Å²) in [6.45, 7) is 1.92. The molecule has 17 heavy (non-hydrogen) atoms. The summed E-state index contributed by atoms with van der Waals surface area (Å²) in [5, 5.41) is 0. The largest absolute Gasteiger partial charge is 0.423 e. The molecule has 0 aliphatic carbocycles. The van der Waals surface area contributed by atoms with Crippen LogP contribution in [0.25, 0.3) is 11.3 Å². The zero-order valence-corrected chi connectivity index (χ0v) is 10.5. The summed E-state index contributed by atoms with van der Waals surface area (Å²) >= 11 is 1.93. The molecule has 0 bridgehead atoms. The number of oxazole rings is 1. The van der Waals surface area contributed by atoms with Gasteiger partial charge in [-0.15, -0.1) is 11.8 Å². The SMILES string of the molecule is Cc1nc(N)oc1-c1ccc2c(c1)CCCS2. The third-order valence-electron chi connectivity index (χ3n) is 2.98. The van der Waals surface area contributed by atoms with Crippen LogP contribution in [0.3, 0.4) is 0 Å². The first-order valence-electron chi connectivity index (χ1n) is 5.73. The van der Waals surface area contributed by atoms with E-state index in [1.54, 1.807) is 0 Å². The molecule has 0 unspecified atom stereocenters. The van der Waals surface area contributed by atoms with E-state index in [1.165, 1.54) is 22.6 Å². The summed E-state index contributed by atoms with van der Waals surface area (Å²) in [5.41, 5.74) is 8.91. The summed E-state index contributed by atoms with van der Waals surface area (Å²) in [6.07, 6.45) is 2.40. The standard InChI is InChI=1S/C13H14N2OS/c1-8-12(16-13(14)15-8)10-4-5-11-9(7-10)3-2-6-17-11/h4-5,7H,2-3,6H2,1H3,(H2,14,15). The molecular formula is C13H14N2OS. The van der Waals surface area contributed by atoms with Gasteiger partial charge in [-0.1, -0.05) is 6.07 Å². The first-order valence-corrected chi connectivity index (χ1v) is 6.71. The molecule has 0 saturated carbocycles. The molecule has 2 heterocycles. The van der Waals surface area contributed by atoms with E-state index in [-0.39, 0.29) is 6.01 Å². The van der Waals surface area contributed by atoms with Crippen LogP contribution in [0.1, 0.15) is 17.7 Å². The average Bonchev–Trinajstić information content (AvgIpc) is 2.68. The molecule has 1 aliphatic rings. The van der Waals surface area contributed by atoms with Crippen molar-refractivity contribution in [2.24, 2.45) is 0 Å². The van der Waals surface area contributed by atoms with Gasteiger partial charge in [0.2, 0.25) is 0 Å². The Morgan fingerprint density at radius 1 is 1.41 bits per heavy atom. The zero-order chi connectivity index (χ0) is 11.8. The van der Waals surface area contributed by atoms with Gasteiger partial charge in [-0.2, -0.15) is 4.98 Å². The first-order chi connectivity index (χ1) is 8.24. The van der Waals surface area contributed by atoms with Crippen LogP contribution >= 0.6 is 11.8 Å². The number of nitrogens with zero attached hydrogens (tertiary/aromatic N) is 1. The van der Waals surface area contributed by atoms with Gasteiger partial charge in [0, 0.05) is 10.5 Å². The predicted octanol–water partition coefficient (Wildman–Crippen LogP) is 3.27. The first kappa shape index (κ1) is 10.7. The third-order valence-corrected chi connectivity index (χ3v) is 4.19. The number of nitrogens with two attached hydrogens (primary N) is 1. The molecule has 0 saturated heterocycles. The normalized spacial score (nSPS) is 14.6. The lowest BCUT2D eigenvalue weighted by atomic mass is 10.0. The topological polar surface area (TPSA) is 52.0 Å². The molecule has 0 atom stereocenters. The molecule has 0 amide bonds. The number of benzene rings is 1. The second kappa shape index (κ2) is 4.11. The van der Waals surface area contributed by atoms with Crippen molar-refractivity contribution in [2.75, 3.05) is 11.5 Å². The lowest BCUT2D eigenvalue weighted by molar-refractivity contribution is 0.594. The summed E-state index contributed by atoms with van der Waals surface area (Å²) in [7, 11) is 0. The van der Waals surface area contributed by atoms with Crippen LogP contribution in [0.4, 0.5) is 6.01 Å². The number of anilines is 1. The van der Waals surface area contributed by atoms with Crippen molar-refractivity contribution >= 4 is 17.8 Å². The molecule has 3 nitrogen and oxygen atoms in total. The average molecular weight is 246 g/mol. The molecule has 88 valence electrons. The van der Waals surface area contributed by atoms with E-state index in [9.17, 15) is 0 Å². The highest BCUT2D eigenvalue weighted by Gasteiger charge is 2.14. The summed E-state index contributed by atoms with van der Waals surface area (Å²) in [6, 6.07) is 6.70. The minimum absolute atomic E-state index is 0.240. The van der Waals surface area contributed by atoms with Gasteiger partial charge < -0.3 is 10.2 Å². The maximum atomic E-state index is 5.57. The van der Waals surface area contributed by atoms with E-state index in [4.69, 9.17) is 10.2 Å². The van der Waals surface area contributed by atoms with Crippen molar-refractivity contribution in [3.8, 4) is 11.3 Å². The molecular weight excluding hydrogens is 232 g/mol. The van der Waals surface area contributed by atoms with E-state index < -0.39 is 0 Å². The van der Waals surface area contributed by atoms with Crippen LogP contribution < -0.4 is 5.73 Å². The van der Waals surface area contributed by atoms with Gasteiger partial charge in [-0.05, 0) is 43.2 Å². The number of aromatic nitrogens is 1. The van der Waals surface area contributed by atoms with E-state index in [0.29, 0.717) is 0 Å². The molecule has 0 spiro atoms. The van der Waals surface area contributed by atoms with Gasteiger partial charge >= 0.3 is 0 Å². The molecule has 3 rings (SSSR count). The molecule has 0 radical (unpaired) electrons. The van der Waals surface area contributed by atoms with Crippen molar-refractivity contribution in [3.05, 3.63) is 29.5 Å². The third kappa shape index (κ3) is 1.93. The summed E-state index contributed by atoms with van der Waals surface area (Å²) < 4.78 is 5.45. The fourth-order valence-corrected chi connectivity index (χ4v) is 3.21. The minimum atomic E-state index is 0.240. The van der Waals surface area contributed by atoms with Crippen molar-refractivity contribution < 1.29 is 4.42 Å². The number of fused-ring (bicyclic) bond motifs is 1. The van der Waals surface area contributed by atoms with Crippen LogP contribution in [-0.2, 0) is 6.42 Å². The highest BCUT2D eigenvalue weighted by Crippen LogP contribution is 2.34. The number of hydrogen-bond donors (Lipinski definition) is 1. The fraction of sp³-hybridized carbons (Fsp3) is 0.308. The van der Waals surface area contributed by atoms with Crippen molar-refractivity contribution in [1.82, 2.24) is 4.98 Å². The van der Waals surface area contributed by atoms with Crippen LogP contribution in [-0.4, -0.2) is 10.7 Å². The maximum Gasteiger partial charge on any atom is 0.292 e. The second-order valence-electron chi connectivity index (χ2n) is 4.24. The molecule has 0 fully saturated rings. The monoisotopic (exact) mass is 246 g/mol. The van der Waals surface area contributed by atoms with Crippen molar-refractivity contribution in [1.29, 1.82) is 0 Å². The zero-order valence-electron chi connectivity index (χ0n) is 9.69. The summed E-state index contributed by atoms with van der Waals surface area (Å²) in [5.74, 6) is 2.02. The van der Waals surface area contributed by atoms with E-state index in [2.05, 4.69) is 23.2 Å². The van der Waals surface area contributed by atoms with Gasteiger partial charge in [-0.25, -0.2) is 0 Å². The number of rotatable bonds is 1. The number of aryl methyl sites for hydroxylation is 2. The fourth-order valence-electron chi connectivity index (χ4n) is 2.19. The lowest BCUT2D eigenvalue weighted by Crippen LogP contribution is -1.98. The highest BCUT2D eigenvalue weighted by atomic mass is 32.2. The number of thioether (sulfide) groups is 1. The summed E-state index contributed by atoms with van der Waals surface area (Å²) in [4.78, 5) is 5.50. The highest BCUT2D eigenvalue weighted by molar-refractivity contribution is 7.99. The van der Waals surface area contributed by atoms with Crippen molar-refractivity contribution in [3.63, 3.8) is 0 Å². The lowest BCUT2D eigenvalue weighted by Gasteiger charge is -2.15.